The number of hydrogen-bond acceptors (Lipinski definition) is 3. The third-order valence-electron chi connectivity index (χ3n) is 3.01. The Kier molecular flexibility index (Phi) is 3.19. The third kappa shape index (κ3) is 1.90. The lowest BCUT2D eigenvalue weighted by Gasteiger charge is -2.11. The second-order valence-electron chi connectivity index (χ2n) is 4.24. The van der Waals surface area contributed by atoms with Gasteiger partial charge in [-0.15, -0.1) is 0 Å². The fraction of sp³-hybridized carbons (Fsp3) is 0.286. The summed E-state index contributed by atoms with van der Waals surface area (Å²) >= 11 is 0. The van der Waals surface area contributed by atoms with Crippen molar-refractivity contribution in [3.05, 3.63) is 45.9 Å². The summed E-state index contributed by atoms with van der Waals surface area (Å²) in [5.74, 6) is -0.0287. The first-order chi connectivity index (χ1) is 8.56. The summed E-state index contributed by atoms with van der Waals surface area (Å²) < 4.78 is 1.37. The molecule has 1 aromatic carbocycles. The molecular weight excluding hydrogens is 228 g/mol. The highest BCUT2D eigenvalue weighted by molar-refractivity contribution is 5.72. The average Bonchev–Trinajstić information content (AvgIpc) is 2.36. The molecule has 4 heteroatoms. The Labute approximate surface area is 106 Å². The van der Waals surface area contributed by atoms with Gasteiger partial charge in [-0.25, -0.2) is 4.68 Å². The fourth-order valence-corrected chi connectivity index (χ4v) is 2.00. The number of benzene rings is 1. The van der Waals surface area contributed by atoms with Gasteiger partial charge in [-0.3, -0.25) is 4.79 Å². The van der Waals surface area contributed by atoms with E-state index in [1.54, 1.807) is 6.92 Å². The minimum absolute atomic E-state index is 0.0287. The molecule has 0 saturated carbocycles. The Morgan fingerprint density at radius 2 is 1.94 bits per heavy atom. The lowest BCUT2D eigenvalue weighted by Crippen LogP contribution is -2.24. The van der Waals surface area contributed by atoms with Crippen LogP contribution in [0.15, 0.2) is 29.1 Å². The number of aryl methyl sites for hydroxylation is 3. The van der Waals surface area contributed by atoms with Gasteiger partial charge < -0.3 is 5.11 Å². The second-order valence-corrected chi connectivity index (χ2v) is 4.24. The minimum atomic E-state index is -0.255. The van der Waals surface area contributed by atoms with Crippen LogP contribution in [0.2, 0.25) is 0 Å². The number of hydrogen-bond donors (Lipinski definition) is 1. The molecular formula is C14H16N2O2. The summed E-state index contributed by atoms with van der Waals surface area (Å²) in [6, 6.07) is 7.51. The molecule has 2 aromatic rings. The van der Waals surface area contributed by atoms with Gasteiger partial charge in [0, 0.05) is 6.54 Å². The van der Waals surface area contributed by atoms with E-state index >= 15 is 0 Å². The van der Waals surface area contributed by atoms with Gasteiger partial charge >= 0.3 is 0 Å². The van der Waals surface area contributed by atoms with E-state index in [-0.39, 0.29) is 11.3 Å². The van der Waals surface area contributed by atoms with Crippen LogP contribution in [0.3, 0.4) is 0 Å². The molecule has 4 nitrogen and oxygen atoms in total. The lowest BCUT2D eigenvalue weighted by molar-refractivity contribution is 0.456. The van der Waals surface area contributed by atoms with E-state index in [9.17, 15) is 9.90 Å². The van der Waals surface area contributed by atoms with Crippen molar-refractivity contribution in [3.8, 4) is 16.9 Å². The van der Waals surface area contributed by atoms with E-state index in [1.165, 1.54) is 4.68 Å². The maximum absolute atomic E-state index is 12.3. The molecule has 0 saturated heterocycles. The summed E-state index contributed by atoms with van der Waals surface area (Å²) in [6.07, 6.45) is 0. The quantitative estimate of drug-likeness (QED) is 0.881. The number of aromatic nitrogens is 2. The van der Waals surface area contributed by atoms with Crippen molar-refractivity contribution in [2.75, 3.05) is 0 Å². The normalized spacial score (nSPS) is 10.6. The van der Waals surface area contributed by atoms with Gasteiger partial charge in [-0.2, -0.15) is 5.10 Å². The Morgan fingerprint density at radius 1 is 1.28 bits per heavy atom. The van der Waals surface area contributed by atoms with Crippen LogP contribution in [0.25, 0.3) is 11.1 Å². The Bertz CT molecular complexity index is 645. The molecule has 0 spiro atoms. The molecule has 0 aliphatic carbocycles. The van der Waals surface area contributed by atoms with Crippen LogP contribution in [-0.4, -0.2) is 14.9 Å². The van der Waals surface area contributed by atoms with E-state index in [1.807, 2.05) is 38.1 Å². The zero-order valence-corrected chi connectivity index (χ0v) is 10.8. The smallest absolute Gasteiger partial charge is 0.278 e. The van der Waals surface area contributed by atoms with E-state index in [0.29, 0.717) is 17.8 Å². The van der Waals surface area contributed by atoms with Crippen molar-refractivity contribution < 1.29 is 5.11 Å². The van der Waals surface area contributed by atoms with Crippen LogP contribution in [-0.2, 0) is 6.54 Å². The maximum atomic E-state index is 12.3. The van der Waals surface area contributed by atoms with Gasteiger partial charge in [0.25, 0.3) is 5.56 Å². The molecule has 1 heterocycles. The van der Waals surface area contributed by atoms with Gasteiger partial charge in [-0.05, 0) is 31.9 Å². The summed E-state index contributed by atoms with van der Waals surface area (Å²) in [7, 11) is 0. The van der Waals surface area contributed by atoms with Crippen LogP contribution in [0, 0.1) is 13.8 Å². The average molecular weight is 244 g/mol. The summed E-state index contributed by atoms with van der Waals surface area (Å²) in [5.41, 5.74) is 2.26. The Morgan fingerprint density at radius 3 is 2.56 bits per heavy atom. The highest BCUT2D eigenvalue weighted by atomic mass is 16.3. The van der Waals surface area contributed by atoms with Crippen LogP contribution in [0.1, 0.15) is 18.2 Å². The molecule has 1 N–H and O–H groups in total. The lowest BCUT2D eigenvalue weighted by atomic mass is 10.0. The SMILES string of the molecule is CCn1nc(C)c(O)c(-c2ccccc2C)c1=O. The van der Waals surface area contributed by atoms with Crippen molar-refractivity contribution in [1.82, 2.24) is 9.78 Å². The standard InChI is InChI=1S/C14H16N2O2/c1-4-16-14(18)12(13(17)10(3)15-16)11-8-6-5-7-9(11)2/h5-8,17H,4H2,1-3H3. The predicted molar refractivity (Wildman–Crippen MR) is 70.7 cm³/mol. The Hall–Kier alpha value is -2.10. The van der Waals surface area contributed by atoms with Crippen molar-refractivity contribution in [3.63, 3.8) is 0 Å². The van der Waals surface area contributed by atoms with Crippen LogP contribution in [0.4, 0.5) is 0 Å². The second kappa shape index (κ2) is 4.64. The Balaban J connectivity index is 2.83. The highest BCUT2D eigenvalue weighted by Crippen LogP contribution is 2.29. The van der Waals surface area contributed by atoms with Crippen molar-refractivity contribution in [2.24, 2.45) is 0 Å². The summed E-state index contributed by atoms with van der Waals surface area (Å²) in [5, 5.41) is 14.2. The largest absolute Gasteiger partial charge is 0.505 e. The summed E-state index contributed by atoms with van der Waals surface area (Å²) in [6.45, 7) is 5.95. The number of nitrogens with zero attached hydrogens (tertiary/aromatic N) is 2. The molecule has 1 aromatic heterocycles. The number of aromatic hydroxyl groups is 1. The first-order valence-electron chi connectivity index (χ1n) is 5.93. The van der Waals surface area contributed by atoms with Gasteiger partial charge in [0.05, 0.1) is 5.56 Å². The van der Waals surface area contributed by atoms with Crippen LogP contribution >= 0.6 is 0 Å². The van der Waals surface area contributed by atoms with Crippen LogP contribution < -0.4 is 5.56 Å². The van der Waals surface area contributed by atoms with Gasteiger partial charge in [0.1, 0.15) is 5.69 Å². The van der Waals surface area contributed by atoms with E-state index in [2.05, 4.69) is 5.10 Å². The number of rotatable bonds is 2. The minimum Gasteiger partial charge on any atom is -0.505 e. The zero-order chi connectivity index (χ0) is 13.3. The summed E-state index contributed by atoms with van der Waals surface area (Å²) in [4.78, 5) is 12.3. The molecule has 0 radical (unpaired) electrons. The highest BCUT2D eigenvalue weighted by Gasteiger charge is 2.16. The third-order valence-corrected chi connectivity index (χ3v) is 3.01. The first kappa shape index (κ1) is 12.4. The first-order valence-corrected chi connectivity index (χ1v) is 5.93. The van der Waals surface area contributed by atoms with Crippen molar-refractivity contribution >= 4 is 0 Å². The van der Waals surface area contributed by atoms with Gasteiger partial charge in [0.2, 0.25) is 0 Å². The van der Waals surface area contributed by atoms with E-state index < -0.39 is 0 Å². The van der Waals surface area contributed by atoms with Gasteiger partial charge in [-0.1, -0.05) is 24.3 Å². The molecule has 0 aliphatic rings. The van der Waals surface area contributed by atoms with Crippen molar-refractivity contribution in [1.29, 1.82) is 0 Å². The molecule has 0 unspecified atom stereocenters. The monoisotopic (exact) mass is 244 g/mol. The van der Waals surface area contributed by atoms with E-state index in [0.717, 1.165) is 11.1 Å². The molecule has 0 bridgehead atoms. The molecule has 0 aliphatic heterocycles. The molecule has 0 amide bonds. The molecule has 2 rings (SSSR count). The zero-order valence-electron chi connectivity index (χ0n) is 10.8. The fourth-order valence-electron chi connectivity index (χ4n) is 2.00. The molecule has 94 valence electrons. The van der Waals surface area contributed by atoms with Crippen LogP contribution in [0.5, 0.6) is 5.75 Å². The van der Waals surface area contributed by atoms with Gasteiger partial charge in [0.15, 0.2) is 5.75 Å². The molecule has 18 heavy (non-hydrogen) atoms. The molecule has 0 atom stereocenters. The maximum Gasteiger partial charge on any atom is 0.278 e. The van der Waals surface area contributed by atoms with Crippen molar-refractivity contribution in [2.45, 2.75) is 27.3 Å². The predicted octanol–water partition coefficient (Wildman–Crippen LogP) is 2.25. The van der Waals surface area contributed by atoms with E-state index in [4.69, 9.17) is 0 Å². The topological polar surface area (TPSA) is 55.1 Å². The molecule has 0 fully saturated rings.